The number of primary amides is 1. The van der Waals surface area contributed by atoms with Gasteiger partial charge in [0.25, 0.3) is 5.91 Å². The number of unbranched alkanes of at least 4 members (excludes halogenated alkanes) is 2. The maximum absolute atomic E-state index is 12.5. The van der Waals surface area contributed by atoms with Crippen molar-refractivity contribution in [1.82, 2.24) is 4.57 Å². The summed E-state index contributed by atoms with van der Waals surface area (Å²) in [5.74, 6) is 1.71. The van der Waals surface area contributed by atoms with E-state index >= 15 is 0 Å². The number of nitrogens with two attached hydrogens (primary N) is 1. The second kappa shape index (κ2) is 9.38. The molecular weight excluding hydrogens is 364 g/mol. The maximum Gasteiger partial charge on any atom is 0.251 e. The van der Waals surface area contributed by atoms with Crippen molar-refractivity contribution < 1.29 is 14.3 Å². The van der Waals surface area contributed by atoms with E-state index in [1.165, 1.54) is 12.1 Å². The van der Waals surface area contributed by atoms with Gasteiger partial charge in [0, 0.05) is 23.5 Å². The van der Waals surface area contributed by atoms with Gasteiger partial charge in [-0.3, -0.25) is 4.79 Å². The monoisotopic (exact) mass is 398 g/mol. The average Bonchev–Trinajstić information content (AvgIpc) is 2.98. The van der Waals surface area contributed by atoms with Crippen LogP contribution in [-0.4, -0.2) is 23.7 Å². The van der Waals surface area contributed by atoms with Crippen LogP contribution in [0.3, 0.4) is 0 Å². The number of carbonyl (C=O) groups is 1. The first-order valence-electron chi connectivity index (χ1n) is 10.9. The first-order chi connectivity index (χ1) is 13.9. The molecular formula is C24H34N2O3. The van der Waals surface area contributed by atoms with Crippen LogP contribution in [0.25, 0.3) is 11.1 Å². The summed E-state index contributed by atoms with van der Waals surface area (Å²) in [6.07, 6.45) is 5.42. The lowest BCUT2D eigenvalue weighted by molar-refractivity contribution is 0.1000. The van der Waals surface area contributed by atoms with E-state index in [0.717, 1.165) is 60.5 Å². The van der Waals surface area contributed by atoms with Crippen molar-refractivity contribution in [3.63, 3.8) is 0 Å². The quantitative estimate of drug-likeness (QED) is 0.597. The van der Waals surface area contributed by atoms with Crippen LogP contribution in [-0.2, 0) is 13.0 Å². The van der Waals surface area contributed by atoms with E-state index in [9.17, 15) is 4.79 Å². The third-order valence-electron chi connectivity index (χ3n) is 5.66. The van der Waals surface area contributed by atoms with Gasteiger partial charge in [0.1, 0.15) is 13.2 Å². The topological polar surface area (TPSA) is 66.5 Å². The van der Waals surface area contributed by atoms with Crippen LogP contribution in [0.5, 0.6) is 11.5 Å². The molecule has 0 aliphatic carbocycles. The van der Waals surface area contributed by atoms with Crippen LogP contribution in [0.2, 0.25) is 0 Å². The van der Waals surface area contributed by atoms with E-state index < -0.39 is 0 Å². The summed E-state index contributed by atoms with van der Waals surface area (Å²) in [4.78, 5) is 12.5. The number of benzene rings is 1. The van der Waals surface area contributed by atoms with Gasteiger partial charge in [-0.15, -0.1) is 0 Å². The Labute approximate surface area is 174 Å². The molecule has 0 unspecified atom stereocenters. The van der Waals surface area contributed by atoms with E-state index in [1.807, 2.05) is 25.1 Å². The molecule has 1 aliphatic rings. The second-order valence-corrected chi connectivity index (χ2v) is 8.30. The normalized spacial score (nSPS) is 13.1. The fraction of sp³-hybridized carbons (Fsp3) is 0.542. The minimum absolute atomic E-state index is 0.368. The van der Waals surface area contributed by atoms with Gasteiger partial charge in [0.05, 0.1) is 5.56 Å². The molecule has 0 saturated heterocycles. The van der Waals surface area contributed by atoms with E-state index in [1.54, 1.807) is 0 Å². The summed E-state index contributed by atoms with van der Waals surface area (Å²) < 4.78 is 13.8. The minimum Gasteiger partial charge on any atom is -0.486 e. The number of hydrogen-bond donors (Lipinski definition) is 1. The fourth-order valence-corrected chi connectivity index (χ4v) is 4.10. The Balaban J connectivity index is 2.14. The molecule has 29 heavy (non-hydrogen) atoms. The molecule has 1 amide bonds. The SMILES string of the molecule is CCCCCc1c(-c2ccc3c(c2)OCCO3)c(C(N)=O)c(C)n1CCC(C)C. The van der Waals surface area contributed by atoms with Gasteiger partial charge in [-0.2, -0.15) is 0 Å². The van der Waals surface area contributed by atoms with Crippen LogP contribution >= 0.6 is 0 Å². The molecule has 158 valence electrons. The van der Waals surface area contributed by atoms with E-state index in [0.29, 0.717) is 24.7 Å². The molecule has 1 aromatic carbocycles. The summed E-state index contributed by atoms with van der Waals surface area (Å²) >= 11 is 0. The highest BCUT2D eigenvalue weighted by molar-refractivity contribution is 6.02. The molecule has 1 aromatic heterocycles. The molecule has 0 radical (unpaired) electrons. The lowest BCUT2D eigenvalue weighted by atomic mass is 9.97. The van der Waals surface area contributed by atoms with Crippen molar-refractivity contribution in [1.29, 1.82) is 0 Å². The fourth-order valence-electron chi connectivity index (χ4n) is 4.10. The first kappa shape index (κ1) is 21.3. The molecule has 5 nitrogen and oxygen atoms in total. The number of fused-ring (bicyclic) bond motifs is 1. The Hall–Kier alpha value is -2.43. The summed E-state index contributed by atoms with van der Waals surface area (Å²) in [7, 11) is 0. The number of ether oxygens (including phenoxy) is 2. The van der Waals surface area contributed by atoms with Crippen LogP contribution in [0.4, 0.5) is 0 Å². The Morgan fingerprint density at radius 2 is 1.90 bits per heavy atom. The van der Waals surface area contributed by atoms with Gasteiger partial charge in [-0.1, -0.05) is 39.7 Å². The zero-order valence-electron chi connectivity index (χ0n) is 18.2. The van der Waals surface area contributed by atoms with Gasteiger partial charge < -0.3 is 19.8 Å². The average molecular weight is 399 g/mol. The predicted octanol–water partition coefficient (Wildman–Crippen LogP) is 5.11. The Bertz CT molecular complexity index is 867. The van der Waals surface area contributed by atoms with Gasteiger partial charge in [0.15, 0.2) is 11.5 Å². The minimum atomic E-state index is -0.368. The van der Waals surface area contributed by atoms with Crippen molar-refractivity contribution >= 4 is 5.91 Å². The molecule has 3 rings (SSSR count). The molecule has 0 atom stereocenters. The van der Waals surface area contributed by atoms with E-state index in [4.69, 9.17) is 15.2 Å². The van der Waals surface area contributed by atoms with Crippen molar-refractivity contribution in [2.75, 3.05) is 13.2 Å². The maximum atomic E-state index is 12.5. The van der Waals surface area contributed by atoms with Crippen molar-refractivity contribution in [3.05, 3.63) is 35.2 Å². The third-order valence-corrected chi connectivity index (χ3v) is 5.66. The zero-order valence-corrected chi connectivity index (χ0v) is 18.2. The third kappa shape index (κ3) is 4.60. The lowest BCUT2D eigenvalue weighted by Gasteiger charge is -2.19. The van der Waals surface area contributed by atoms with Crippen LogP contribution in [0, 0.1) is 12.8 Å². The molecule has 0 saturated carbocycles. The summed E-state index contributed by atoms with van der Waals surface area (Å²) in [5.41, 5.74) is 10.6. The molecule has 2 heterocycles. The highest BCUT2D eigenvalue weighted by Gasteiger charge is 2.25. The molecule has 0 fully saturated rings. The van der Waals surface area contributed by atoms with Crippen molar-refractivity contribution in [3.8, 4) is 22.6 Å². The van der Waals surface area contributed by atoms with Crippen LogP contribution < -0.4 is 15.2 Å². The molecule has 2 N–H and O–H groups in total. The van der Waals surface area contributed by atoms with Gasteiger partial charge in [0.2, 0.25) is 0 Å². The predicted molar refractivity (Wildman–Crippen MR) is 117 cm³/mol. The number of hydrogen-bond acceptors (Lipinski definition) is 3. The summed E-state index contributed by atoms with van der Waals surface area (Å²) in [6, 6.07) is 5.95. The number of aromatic nitrogens is 1. The van der Waals surface area contributed by atoms with E-state index in [2.05, 4.69) is 25.3 Å². The van der Waals surface area contributed by atoms with Gasteiger partial charge in [-0.05, 0) is 49.8 Å². The highest BCUT2D eigenvalue weighted by Crippen LogP contribution is 2.39. The molecule has 1 aliphatic heterocycles. The molecule has 0 spiro atoms. The number of amides is 1. The molecule has 0 bridgehead atoms. The smallest absolute Gasteiger partial charge is 0.251 e. The van der Waals surface area contributed by atoms with Crippen LogP contribution in [0.1, 0.15) is 68.2 Å². The van der Waals surface area contributed by atoms with Crippen LogP contribution in [0.15, 0.2) is 18.2 Å². The summed E-state index contributed by atoms with van der Waals surface area (Å²) in [5, 5.41) is 0. The second-order valence-electron chi connectivity index (χ2n) is 8.30. The number of nitrogens with zero attached hydrogens (tertiary/aromatic N) is 1. The van der Waals surface area contributed by atoms with Gasteiger partial charge >= 0.3 is 0 Å². The standard InChI is InChI=1S/C24H34N2O3/c1-5-6-7-8-19-23(18-9-10-20-21(15-18)29-14-13-28-20)22(24(25)27)17(4)26(19)12-11-16(2)3/h9-10,15-16H,5-8,11-14H2,1-4H3,(H2,25,27). The van der Waals surface area contributed by atoms with E-state index in [-0.39, 0.29) is 5.91 Å². The zero-order chi connectivity index (χ0) is 21.0. The van der Waals surface area contributed by atoms with Gasteiger partial charge in [-0.25, -0.2) is 0 Å². The highest BCUT2D eigenvalue weighted by atomic mass is 16.6. The Morgan fingerprint density at radius 1 is 1.17 bits per heavy atom. The summed E-state index contributed by atoms with van der Waals surface area (Å²) in [6.45, 7) is 10.7. The number of carbonyl (C=O) groups excluding carboxylic acids is 1. The largest absolute Gasteiger partial charge is 0.486 e. The van der Waals surface area contributed by atoms with Crippen molar-refractivity contribution in [2.24, 2.45) is 11.7 Å². The molecule has 5 heteroatoms. The lowest BCUT2D eigenvalue weighted by Crippen LogP contribution is -2.15. The molecule has 2 aromatic rings. The number of rotatable bonds is 9. The Kier molecular flexibility index (Phi) is 6.88. The first-order valence-corrected chi connectivity index (χ1v) is 10.9. The van der Waals surface area contributed by atoms with Crippen molar-refractivity contribution in [2.45, 2.75) is 66.3 Å². The Morgan fingerprint density at radius 3 is 2.55 bits per heavy atom.